The molecule has 0 nitrogen and oxygen atoms in total. The molecule has 0 atom stereocenters. The van der Waals surface area contributed by atoms with E-state index in [4.69, 9.17) is 0 Å². The maximum Gasteiger partial charge on any atom is 0.0361 e. The second-order valence-electron chi connectivity index (χ2n) is 6.99. The van der Waals surface area contributed by atoms with Gasteiger partial charge in [-0.15, -0.1) is 11.3 Å². The highest BCUT2D eigenvalue weighted by atomic mass is 32.1. The zero-order valence-corrected chi connectivity index (χ0v) is 15.0. The molecule has 1 aromatic heterocycles. The van der Waals surface area contributed by atoms with E-state index in [1.165, 1.54) is 53.6 Å². The van der Waals surface area contributed by atoms with E-state index in [9.17, 15) is 0 Å². The van der Waals surface area contributed by atoms with E-state index >= 15 is 0 Å². The van der Waals surface area contributed by atoms with Gasteiger partial charge >= 0.3 is 0 Å². The van der Waals surface area contributed by atoms with Crippen LogP contribution in [-0.2, 0) is 6.42 Å². The van der Waals surface area contributed by atoms with Crippen molar-refractivity contribution < 1.29 is 0 Å². The molecule has 1 heterocycles. The first kappa shape index (κ1) is 14.3. The average Bonchev–Trinajstić information content (AvgIpc) is 3.25. The fourth-order valence-electron chi connectivity index (χ4n) is 4.31. The minimum atomic E-state index is 1.03. The van der Waals surface area contributed by atoms with Gasteiger partial charge in [0.1, 0.15) is 0 Å². The maximum absolute atomic E-state index is 2.38. The van der Waals surface area contributed by atoms with Crippen molar-refractivity contribution in [3.8, 4) is 22.3 Å². The highest BCUT2D eigenvalue weighted by Crippen LogP contribution is 2.47. The summed E-state index contributed by atoms with van der Waals surface area (Å²) in [6.07, 6.45) is 1.03. The van der Waals surface area contributed by atoms with Crippen LogP contribution in [-0.4, -0.2) is 0 Å². The van der Waals surface area contributed by atoms with E-state index in [1.54, 1.807) is 0 Å². The molecule has 0 saturated heterocycles. The average molecular weight is 348 g/mol. The second-order valence-corrected chi connectivity index (χ2v) is 8.07. The van der Waals surface area contributed by atoms with Gasteiger partial charge in [0, 0.05) is 20.2 Å². The summed E-state index contributed by atoms with van der Waals surface area (Å²) in [6.45, 7) is 0. The summed E-state index contributed by atoms with van der Waals surface area (Å²) in [4.78, 5) is 0. The predicted molar refractivity (Wildman–Crippen MR) is 113 cm³/mol. The van der Waals surface area contributed by atoms with Crippen molar-refractivity contribution in [2.45, 2.75) is 6.42 Å². The Morgan fingerprint density at radius 2 is 1.46 bits per heavy atom. The molecule has 0 spiro atoms. The monoisotopic (exact) mass is 348 g/mol. The third-order valence-corrected chi connectivity index (χ3v) is 6.63. The lowest BCUT2D eigenvalue weighted by Gasteiger charge is -2.07. The Labute approximate surface area is 156 Å². The van der Waals surface area contributed by atoms with E-state index in [0.29, 0.717) is 0 Å². The van der Waals surface area contributed by atoms with E-state index in [2.05, 4.69) is 84.9 Å². The van der Waals surface area contributed by atoms with Crippen LogP contribution in [0.1, 0.15) is 11.1 Å². The third kappa shape index (κ3) is 1.95. The molecule has 0 fully saturated rings. The summed E-state index contributed by atoms with van der Waals surface area (Å²) >= 11 is 1.90. The van der Waals surface area contributed by atoms with Crippen LogP contribution < -0.4 is 0 Å². The molecule has 1 heteroatoms. The lowest BCUT2D eigenvalue weighted by Crippen LogP contribution is -1.83. The lowest BCUT2D eigenvalue weighted by molar-refractivity contribution is 1.27. The van der Waals surface area contributed by atoms with Crippen molar-refractivity contribution >= 4 is 31.5 Å². The van der Waals surface area contributed by atoms with E-state index in [-0.39, 0.29) is 0 Å². The normalized spacial score (nSPS) is 12.5. The van der Waals surface area contributed by atoms with Crippen molar-refractivity contribution in [1.29, 1.82) is 0 Å². The molecule has 0 unspecified atom stereocenters. The van der Waals surface area contributed by atoms with Crippen molar-refractivity contribution in [2.24, 2.45) is 0 Å². The number of benzene rings is 4. The molecule has 0 N–H and O–H groups in total. The molecule has 0 radical (unpaired) electrons. The van der Waals surface area contributed by atoms with Gasteiger partial charge in [0.15, 0.2) is 0 Å². The highest BCUT2D eigenvalue weighted by molar-refractivity contribution is 7.25. The van der Waals surface area contributed by atoms with Gasteiger partial charge in [-0.05, 0) is 51.9 Å². The molecule has 5 aromatic rings. The van der Waals surface area contributed by atoms with Crippen molar-refractivity contribution in [2.75, 3.05) is 0 Å². The molecule has 122 valence electrons. The summed E-state index contributed by atoms with van der Waals surface area (Å²) in [5, 5.41) is 2.83. The number of fused-ring (bicyclic) bond motifs is 7. The zero-order chi connectivity index (χ0) is 17.1. The Balaban J connectivity index is 1.62. The van der Waals surface area contributed by atoms with Crippen LogP contribution in [0.2, 0.25) is 0 Å². The van der Waals surface area contributed by atoms with E-state index in [1.807, 2.05) is 11.3 Å². The molecule has 6 rings (SSSR count). The first-order valence-corrected chi connectivity index (χ1v) is 9.82. The van der Waals surface area contributed by atoms with Gasteiger partial charge in [0.2, 0.25) is 0 Å². The van der Waals surface area contributed by atoms with Gasteiger partial charge in [-0.1, -0.05) is 72.8 Å². The number of thiophene rings is 1. The molecule has 26 heavy (non-hydrogen) atoms. The fourth-order valence-corrected chi connectivity index (χ4v) is 5.43. The van der Waals surface area contributed by atoms with Crippen LogP contribution in [0.25, 0.3) is 42.4 Å². The molecule has 0 aliphatic heterocycles. The number of hydrogen-bond donors (Lipinski definition) is 0. The Morgan fingerprint density at radius 1 is 0.615 bits per heavy atom. The maximum atomic E-state index is 2.38. The van der Waals surface area contributed by atoms with Crippen molar-refractivity contribution in [1.82, 2.24) is 0 Å². The Morgan fingerprint density at radius 3 is 2.38 bits per heavy atom. The molecule has 0 bridgehead atoms. The SMILES string of the molecule is c1ccc(-c2ccc3c(c2)Cc2ccc4sc5ccccc5c4c2-3)cc1. The number of rotatable bonds is 1. The number of hydrogen-bond acceptors (Lipinski definition) is 1. The quantitative estimate of drug-likeness (QED) is 0.292. The molecule has 0 amide bonds. The fraction of sp³-hybridized carbons (Fsp3) is 0.0400. The lowest BCUT2D eigenvalue weighted by atomic mass is 9.97. The summed E-state index contributed by atoms with van der Waals surface area (Å²) in [5.41, 5.74) is 8.37. The van der Waals surface area contributed by atoms with E-state index in [0.717, 1.165) is 6.42 Å². The highest BCUT2D eigenvalue weighted by Gasteiger charge is 2.23. The first-order chi connectivity index (χ1) is 12.9. The smallest absolute Gasteiger partial charge is 0.0361 e. The largest absolute Gasteiger partial charge is 0.135 e. The molecule has 4 aromatic carbocycles. The van der Waals surface area contributed by atoms with E-state index < -0.39 is 0 Å². The third-order valence-electron chi connectivity index (χ3n) is 5.49. The van der Waals surface area contributed by atoms with Gasteiger partial charge in [-0.25, -0.2) is 0 Å². The second kappa shape index (κ2) is 5.30. The topological polar surface area (TPSA) is 0 Å². The summed E-state index contributed by atoms with van der Waals surface area (Å²) < 4.78 is 2.77. The first-order valence-electron chi connectivity index (χ1n) is 9.00. The Bertz CT molecular complexity index is 1290. The minimum Gasteiger partial charge on any atom is -0.135 e. The van der Waals surface area contributed by atoms with Crippen molar-refractivity contribution in [3.63, 3.8) is 0 Å². The van der Waals surface area contributed by atoms with Gasteiger partial charge in [0.25, 0.3) is 0 Å². The summed E-state index contributed by atoms with van der Waals surface area (Å²) in [5.74, 6) is 0. The minimum absolute atomic E-state index is 1.03. The zero-order valence-electron chi connectivity index (χ0n) is 14.2. The molecular weight excluding hydrogens is 332 g/mol. The predicted octanol–water partition coefficient (Wildman–Crippen LogP) is 7.29. The van der Waals surface area contributed by atoms with Gasteiger partial charge in [-0.2, -0.15) is 0 Å². The van der Waals surface area contributed by atoms with Crippen LogP contribution in [0, 0.1) is 0 Å². The molecule has 1 aliphatic carbocycles. The van der Waals surface area contributed by atoms with Gasteiger partial charge in [0.05, 0.1) is 0 Å². The van der Waals surface area contributed by atoms with Crippen LogP contribution in [0.15, 0.2) is 84.9 Å². The molecule has 1 aliphatic rings. The Hall–Kier alpha value is -2.90. The van der Waals surface area contributed by atoms with Crippen LogP contribution in [0.5, 0.6) is 0 Å². The molecular formula is C25H16S. The molecule has 0 saturated carbocycles. The summed E-state index contributed by atoms with van der Waals surface area (Å²) in [7, 11) is 0. The Kier molecular flexibility index (Phi) is 2.91. The standard InChI is InChI=1S/C25H16S/c1-2-6-16(7-3-1)17-10-12-20-19(14-17)15-18-11-13-23-25(24(18)20)21-8-4-5-9-22(21)26-23/h1-14H,15H2. The summed E-state index contributed by atoms with van der Waals surface area (Å²) in [6, 6.07) is 31.1. The van der Waals surface area contributed by atoms with Crippen LogP contribution in [0.4, 0.5) is 0 Å². The van der Waals surface area contributed by atoms with Crippen LogP contribution >= 0.6 is 11.3 Å². The van der Waals surface area contributed by atoms with Crippen LogP contribution in [0.3, 0.4) is 0 Å². The van der Waals surface area contributed by atoms with Crippen molar-refractivity contribution in [3.05, 3.63) is 96.1 Å². The van der Waals surface area contributed by atoms with Gasteiger partial charge < -0.3 is 0 Å². The van der Waals surface area contributed by atoms with Gasteiger partial charge in [-0.3, -0.25) is 0 Å².